The first-order chi connectivity index (χ1) is 7.04. The molecule has 1 heterocycles. The number of halogens is 2. The van der Waals surface area contributed by atoms with Crippen molar-refractivity contribution in [3.63, 3.8) is 0 Å². The van der Waals surface area contributed by atoms with Crippen LogP contribution in [0.2, 0.25) is 0 Å². The summed E-state index contributed by atoms with van der Waals surface area (Å²) in [7, 11) is 0. The molecule has 0 aromatic carbocycles. The van der Waals surface area contributed by atoms with Crippen molar-refractivity contribution in [2.45, 2.75) is 26.8 Å². The highest BCUT2D eigenvalue weighted by atomic mass is 19.3. The fourth-order valence-electron chi connectivity index (χ4n) is 1.34. The average molecular weight is 216 g/mol. The van der Waals surface area contributed by atoms with E-state index in [1.165, 1.54) is 0 Å². The van der Waals surface area contributed by atoms with Crippen molar-refractivity contribution >= 4 is 0 Å². The predicted octanol–water partition coefficient (Wildman–Crippen LogP) is 1.80. The molecule has 0 aliphatic rings. The molecule has 1 rings (SSSR count). The summed E-state index contributed by atoms with van der Waals surface area (Å²) in [5.41, 5.74) is 7.82. The molecule has 84 valence electrons. The van der Waals surface area contributed by atoms with Crippen LogP contribution in [0, 0.1) is 13.8 Å². The van der Waals surface area contributed by atoms with Crippen LogP contribution in [0.25, 0.3) is 0 Å². The molecule has 2 N–H and O–H groups in total. The zero-order valence-electron chi connectivity index (χ0n) is 8.76. The molecule has 0 atom stereocenters. The molecule has 0 bridgehead atoms. The molecule has 0 saturated carbocycles. The van der Waals surface area contributed by atoms with Gasteiger partial charge in [-0.2, -0.15) is 0 Å². The second-order valence-corrected chi connectivity index (χ2v) is 3.27. The molecule has 0 radical (unpaired) electrons. The fourth-order valence-corrected chi connectivity index (χ4v) is 1.34. The number of rotatable bonds is 4. The Morgan fingerprint density at radius 3 is 2.67 bits per heavy atom. The van der Waals surface area contributed by atoms with Gasteiger partial charge in [-0.15, -0.1) is 0 Å². The third-order valence-corrected chi connectivity index (χ3v) is 1.99. The summed E-state index contributed by atoms with van der Waals surface area (Å²) < 4.78 is 28.9. The summed E-state index contributed by atoms with van der Waals surface area (Å²) in [6, 6.07) is 1.84. The second-order valence-electron chi connectivity index (χ2n) is 3.27. The molecular formula is C10H14F2N2O. The first-order valence-electron chi connectivity index (χ1n) is 4.62. The average Bonchev–Trinajstić information content (AvgIpc) is 2.13. The maximum atomic E-state index is 12.0. The Kier molecular flexibility index (Phi) is 3.96. The number of aromatic nitrogens is 1. The fraction of sp³-hybridized carbons (Fsp3) is 0.500. The largest absolute Gasteiger partial charge is 0.471 e. The molecule has 1 aromatic heterocycles. The number of alkyl halides is 2. The van der Waals surface area contributed by atoms with Crippen molar-refractivity contribution < 1.29 is 13.5 Å². The summed E-state index contributed by atoms with van der Waals surface area (Å²) in [6.07, 6.45) is -2.50. The standard InChI is InChI=1S/C10H14F2N2O/c1-6-3-7(2)14-10(8(6)4-13)15-5-9(11)12/h3,9H,4-5,13H2,1-2H3. The Morgan fingerprint density at radius 1 is 1.47 bits per heavy atom. The molecule has 5 heteroatoms. The van der Waals surface area contributed by atoms with Crippen molar-refractivity contribution in [3.05, 3.63) is 22.9 Å². The molecule has 3 nitrogen and oxygen atoms in total. The number of ether oxygens (including phenoxy) is 1. The third kappa shape index (κ3) is 3.13. The maximum absolute atomic E-state index is 12.0. The van der Waals surface area contributed by atoms with E-state index in [1.807, 2.05) is 13.0 Å². The highest BCUT2D eigenvalue weighted by Crippen LogP contribution is 2.20. The molecule has 0 spiro atoms. The van der Waals surface area contributed by atoms with Crippen LogP contribution in [-0.2, 0) is 6.54 Å². The van der Waals surface area contributed by atoms with Gasteiger partial charge in [-0.05, 0) is 25.5 Å². The van der Waals surface area contributed by atoms with E-state index in [0.29, 0.717) is 5.56 Å². The van der Waals surface area contributed by atoms with Gasteiger partial charge in [0.25, 0.3) is 6.43 Å². The van der Waals surface area contributed by atoms with Gasteiger partial charge in [0.15, 0.2) is 6.61 Å². The summed E-state index contributed by atoms with van der Waals surface area (Å²) >= 11 is 0. The zero-order valence-corrected chi connectivity index (χ0v) is 8.76. The van der Waals surface area contributed by atoms with Gasteiger partial charge >= 0.3 is 0 Å². The number of hydrogen-bond acceptors (Lipinski definition) is 3. The van der Waals surface area contributed by atoms with Gasteiger partial charge in [0.1, 0.15) is 0 Å². The number of nitrogens with two attached hydrogens (primary N) is 1. The minimum Gasteiger partial charge on any atom is -0.471 e. The lowest BCUT2D eigenvalue weighted by atomic mass is 10.1. The van der Waals surface area contributed by atoms with Crippen LogP contribution in [-0.4, -0.2) is 18.0 Å². The molecule has 15 heavy (non-hydrogen) atoms. The van der Waals surface area contributed by atoms with Gasteiger partial charge in [-0.25, -0.2) is 13.8 Å². The van der Waals surface area contributed by atoms with E-state index in [9.17, 15) is 8.78 Å². The Bertz CT molecular complexity index is 342. The zero-order chi connectivity index (χ0) is 11.4. The Labute approximate surface area is 87.3 Å². The molecule has 0 aliphatic heterocycles. The molecule has 0 saturated heterocycles. The summed E-state index contributed by atoms with van der Waals surface area (Å²) in [6.45, 7) is 3.22. The lowest BCUT2D eigenvalue weighted by molar-refractivity contribution is 0.0789. The van der Waals surface area contributed by atoms with Gasteiger partial charge in [0.05, 0.1) is 0 Å². The van der Waals surface area contributed by atoms with Crippen LogP contribution in [0.15, 0.2) is 6.07 Å². The van der Waals surface area contributed by atoms with E-state index in [0.717, 1.165) is 11.3 Å². The van der Waals surface area contributed by atoms with Gasteiger partial charge in [0.2, 0.25) is 5.88 Å². The number of nitrogens with zero attached hydrogens (tertiary/aromatic N) is 1. The molecule has 0 unspecified atom stereocenters. The molecule has 1 aromatic rings. The van der Waals surface area contributed by atoms with E-state index < -0.39 is 13.0 Å². The van der Waals surface area contributed by atoms with E-state index in [1.54, 1.807) is 6.92 Å². The second kappa shape index (κ2) is 5.02. The van der Waals surface area contributed by atoms with E-state index in [-0.39, 0.29) is 12.4 Å². The quantitative estimate of drug-likeness (QED) is 0.834. The Hall–Kier alpha value is -1.23. The van der Waals surface area contributed by atoms with Crippen molar-refractivity contribution in [2.75, 3.05) is 6.61 Å². The van der Waals surface area contributed by atoms with Gasteiger partial charge < -0.3 is 10.5 Å². The highest BCUT2D eigenvalue weighted by molar-refractivity contribution is 5.35. The first-order valence-corrected chi connectivity index (χ1v) is 4.62. The normalized spacial score (nSPS) is 10.8. The van der Waals surface area contributed by atoms with Crippen LogP contribution < -0.4 is 10.5 Å². The van der Waals surface area contributed by atoms with Gasteiger partial charge in [-0.3, -0.25) is 0 Å². The van der Waals surface area contributed by atoms with Crippen LogP contribution >= 0.6 is 0 Å². The summed E-state index contributed by atoms with van der Waals surface area (Å²) in [5, 5.41) is 0. The predicted molar refractivity (Wildman–Crippen MR) is 53.1 cm³/mol. The van der Waals surface area contributed by atoms with Crippen LogP contribution in [0.3, 0.4) is 0 Å². The first kappa shape index (κ1) is 11.8. The molecular weight excluding hydrogens is 202 g/mol. The molecule has 0 aliphatic carbocycles. The van der Waals surface area contributed by atoms with Crippen LogP contribution in [0.1, 0.15) is 16.8 Å². The Balaban J connectivity index is 2.93. The summed E-state index contributed by atoms with van der Waals surface area (Å²) in [4.78, 5) is 4.04. The number of pyridine rings is 1. The number of aryl methyl sites for hydroxylation is 2. The highest BCUT2D eigenvalue weighted by Gasteiger charge is 2.11. The van der Waals surface area contributed by atoms with Crippen molar-refractivity contribution in [3.8, 4) is 5.88 Å². The van der Waals surface area contributed by atoms with Crippen molar-refractivity contribution in [2.24, 2.45) is 5.73 Å². The van der Waals surface area contributed by atoms with E-state index >= 15 is 0 Å². The lowest BCUT2D eigenvalue weighted by Crippen LogP contribution is -2.12. The maximum Gasteiger partial charge on any atom is 0.272 e. The van der Waals surface area contributed by atoms with Crippen molar-refractivity contribution in [1.82, 2.24) is 4.98 Å². The topological polar surface area (TPSA) is 48.1 Å². The van der Waals surface area contributed by atoms with Crippen LogP contribution in [0.4, 0.5) is 8.78 Å². The van der Waals surface area contributed by atoms with Crippen molar-refractivity contribution in [1.29, 1.82) is 0 Å². The number of hydrogen-bond donors (Lipinski definition) is 1. The van der Waals surface area contributed by atoms with Gasteiger partial charge in [0, 0.05) is 17.8 Å². The van der Waals surface area contributed by atoms with Gasteiger partial charge in [-0.1, -0.05) is 0 Å². The lowest BCUT2D eigenvalue weighted by Gasteiger charge is -2.12. The minimum absolute atomic E-state index is 0.218. The Morgan fingerprint density at radius 2 is 2.13 bits per heavy atom. The third-order valence-electron chi connectivity index (χ3n) is 1.99. The molecule has 0 amide bonds. The molecule has 0 fully saturated rings. The summed E-state index contributed by atoms with van der Waals surface area (Å²) in [5.74, 6) is 0.218. The SMILES string of the molecule is Cc1cc(C)c(CN)c(OCC(F)F)n1. The van der Waals surface area contributed by atoms with E-state index in [2.05, 4.69) is 4.98 Å². The minimum atomic E-state index is -2.50. The van der Waals surface area contributed by atoms with E-state index in [4.69, 9.17) is 10.5 Å². The van der Waals surface area contributed by atoms with Crippen LogP contribution in [0.5, 0.6) is 5.88 Å². The monoisotopic (exact) mass is 216 g/mol. The smallest absolute Gasteiger partial charge is 0.272 e.